The van der Waals surface area contributed by atoms with Crippen molar-refractivity contribution in [2.45, 2.75) is 46.7 Å². The van der Waals surface area contributed by atoms with E-state index in [1.807, 2.05) is 40.8 Å². The Morgan fingerprint density at radius 1 is 1.38 bits per heavy atom. The molecule has 1 unspecified atom stereocenters. The minimum absolute atomic E-state index is 0.0211. The number of carbonyl (C=O) groups excluding carboxylic acids is 2. The first-order valence-electron chi connectivity index (χ1n) is 7.26. The van der Waals surface area contributed by atoms with E-state index in [9.17, 15) is 9.59 Å². The Bertz CT molecular complexity index is 557. The van der Waals surface area contributed by atoms with Crippen LogP contribution in [0.5, 0.6) is 0 Å². The zero-order valence-electron chi connectivity index (χ0n) is 13.4. The molecule has 0 spiro atoms. The molecule has 116 valence electrons. The zero-order valence-corrected chi connectivity index (χ0v) is 13.4. The molecule has 2 rings (SSSR count). The standard InChI is InChI=1S/C15H24N4O2/c1-10-8-11(18(5)17-10)9-19-7-6-12(20)16-13(14(19)21)15(2,3)4/h8,13H,6-7,9H2,1-5H3,(H,16,20). The summed E-state index contributed by atoms with van der Waals surface area (Å²) in [5.74, 6) is -0.0841. The van der Waals surface area contributed by atoms with E-state index in [0.29, 0.717) is 19.5 Å². The van der Waals surface area contributed by atoms with Crippen LogP contribution in [0.25, 0.3) is 0 Å². The first-order chi connectivity index (χ1) is 9.68. The minimum Gasteiger partial charge on any atom is -0.344 e. The van der Waals surface area contributed by atoms with Crippen molar-refractivity contribution in [3.8, 4) is 0 Å². The lowest BCUT2D eigenvalue weighted by Gasteiger charge is -2.32. The van der Waals surface area contributed by atoms with E-state index in [0.717, 1.165) is 11.4 Å². The summed E-state index contributed by atoms with van der Waals surface area (Å²) in [7, 11) is 1.87. The SMILES string of the molecule is Cc1cc(CN2CCC(=O)NC(C(C)(C)C)C2=O)n(C)n1. The number of rotatable bonds is 2. The molecule has 1 fully saturated rings. The Morgan fingerprint density at radius 2 is 2.05 bits per heavy atom. The van der Waals surface area contributed by atoms with Crippen LogP contribution < -0.4 is 5.32 Å². The molecule has 1 aliphatic heterocycles. The predicted octanol–water partition coefficient (Wildman–Crippen LogP) is 0.992. The Kier molecular flexibility index (Phi) is 4.07. The van der Waals surface area contributed by atoms with Gasteiger partial charge in [-0.1, -0.05) is 20.8 Å². The number of aryl methyl sites for hydroxylation is 2. The monoisotopic (exact) mass is 292 g/mol. The van der Waals surface area contributed by atoms with Crippen molar-refractivity contribution in [3.05, 3.63) is 17.5 Å². The molecule has 1 aromatic heterocycles. The van der Waals surface area contributed by atoms with Gasteiger partial charge in [-0.15, -0.1) is 0 Å². The molecule has 2 amide bonds. The maximum atomic E-state index is 12.7. The molecule has 2 heterocycles. The molecule has 6 heteroatoms. The lowest BCUT2D eigenvalue weighted by atomic mass is 9.86. The van der Waals surface area contributed by atoms with Gasteiger partial charge in [-0.2, -0.15) is 5.10 Å². The van der Waals surface area contributed by atoms with Crippen LogP contribution in [0, 0.1) is 12.3 Å². The summed E-state index contributed by atoms with van der Waals surface area (Å²) in [4.78, 5) is 26.3. The largest absolute Gasteiger partial charge is 0.344 e. The second-order valence-corrected chi connectivity index (χ2v) is 6.78. The van der Waals surface area contributed by atoms with Crippen LogP contribution in [0.3, 0.4) is 0 Å². The highest BCUT2D eigenvalue weighted by Gasteiger charge is 2.37. The molecule has 1 saturated heterocycles. The summed E-state index contributed by atoms with van der Waals surface area (Å²) >= 11 is 0. The van der Waals surface area contributed by atoms with Crippen LogP contribution >= 0.6 is 0 Å². The fourth-order valence-electron chi connectivity index (χ4n) is 2.58. The van der Waals surface area contributed by atoms with Crippen molar-refractivity contribution in [3.63, 3.8) is 0 Å². The quantitative estimate of drug-likeness (QED) is 0.884. The topological polar surface area (TPSA) is 67.2 Å². The van der Waals surface area contributed by atoms with E-state index >= 15 is 0 Å². The maximum Gasteiger partial charge on any atom is 0.246 e. The molecule has 1 N–H and O–H groups in total. The van der Waals surface area contributed by atoms with Gasteiger partial charge in [0, 0.05) is 20.0 Å². The van der Waals surface area contributed by atoms with Crippen molar-refractivity contribution in [2.24, 2.45) is 12.5 Å². The zero-order chi connectivity index (χ0) is 15.8. The Morgan fingerprint density at radius 3 is 2.57 bits per heavy atom. The summed E-state index contributed by atoms with van der Waals surface area (Å²) < 4.78 is 1.79. The van der Waals surface area contributed by atoms with Crippen LogP contribution in [0.15, 0.2) is 6.07 Å². The molecule has 1 aromatic rings. The number of carbonyl (C=O) groups is 2. The highest BCUT2D eigenvalue weighted by Crippen LogP contribution is 2.23. The van der Waals surface area contributed by atoms with Crippen molar-refractivity contribution in [2.75, 3.05) is 6.54 Å². The normalized spacial score (nSPS) is 20.4. The van der Waals surface area contributed by atoms with Gasteiger partial charge < -0.3 is 10.2 Å². The predicted molar refractivity (Wildman–Crippen MR) is 79.4 cm³/mol. The molecule has 0 aliphatic carbocycles. The first-order valence-corrected chi connectivity index (χ1v) is 7.26. The average molecular weight is 292 g/mol. The second-order valence-electron chi connectivity index (χ2n) is 6.78. The Balaban J connectivity index is 2.23. The van der Waals surface area contributed by atoms with E-state index in [1.165, 1.54) is 0 Å². The van der Waals surface area contributed by atoms with Gasteiger partial charge in [0.05, 0.1) is 17.9 Å². The van der Waals surface area contributed by atoms with Gasteiger partial charge >= 0.3 is 0 Å². The third-order valence-corrected chi connectivity index (χ3v) is 3.79. The van der Waals surface area contributed by atoms with E-state index in [2.05, 4.69) is 10.4 Å². The molecule has 0 bridgehead atoms. The number of hydrogen-bond acceptors (Lipinski definition) is 3. The van der Waals surface area contributed by atoms with Crippen molar-refractivity contribution < 1.29 is 9.59 Å². The summed E-state index contributed by atoms with van der Waals surface area (Å²) in [6.07, 6.45) is 0.342. The summed E-state index contributed by atoms with van der Waals surface area (Å²) in [5.41, 5.74) is 1.59. The van der Waals surface area contributed by atoms with Crippen LogP contribution in [-0.2, 0) is 23.2 Å². The van der Waals surface area contributed by atoms with Gasteiger partial charge in [0.25, 0.3) is 0 Å². The van der Waals surface area contributed by atoms with Gasteiger partial charge in [0.2, 0.25) is 11.8 Å². The first kappa shape index (κ1) is 15.5. The smallest absolute Gasteiger partial charge is 0.246 e. The molecule has 1 aliphatic rings. The van der Waals surface area contributed by atoms with Crippen LogP contribution in [-0.4, -0.2) is 39.1 Å². The van der Waals surface area contributed by atoms with Gasteiger partial charge in [-0.05, 0) is 18.4 Å². The van der Waals surface area contributed by atoms with E-state index in [1.54, 1.807) is 9.58 Å². The number of nitrogens with zero attached hydrogens (tertiary/aromatic N) is 3. The highest BCUT2D eigenvalue weighted by molar-refractivity contribution is 5.90. The van der Waals surface area contributed by atoms with E-state index in [4.69, 9.17) is 0 Å². The van der Waals surface area contributed by atoms with Crippen LogP contribution in [0.4, 0.5) is 0 Å². The fourth-order valence-corrected chi connectivity index (χ4v) is 2.58. The van der Waals surface area contributed by atoms with Crippen molar-refractivity contribution in [1.82, 2.24) is 20.0 Å². The van der Waals surface area contributed by atoms with Crippen LogP contribution in [0.2, 0.25) is 0 Å². The summed E-state index contributed by atoms with van der Waals surface area (Å²) in [6.45, 7) is 8.75. The highest BCUT2D eigenvalue weighted by atomic mass is 16.2. The third-order valence-electron chi connectivity index (χ3n) is 3.79. The molecule has 1 atom stereocenters. The molecule has 0 radical (unpaired) electrons. The molecule has 6 nitrogen and oxygen atoms in total. The number of aromatic nitrogens is 2. The van der Waals surface area contributed by atoms with Gasteiger partial charge in [0.15, 0.2) is 0 Å². The van der Waals surface area contributed by atoms with E-state index < -0.39 is 6.04 Å². The Hall–Kier alpha value is -1.85. The maximum absolute atomic E-state index is 12.7. The average Bonchev–Trinajstić information content (AvgIpc) is 2.59. The van der Waals surface area contributed by atoms with Gasteiger partial charge in [-0.3, -0.25) is 14.3 Å². The molecule has 0 saturated carbocycles. The lowest BCUT2D eigenvalue weighted by molar-refractivity contribution is -0.137. The number of hydrogen-bond donors (Lipinski definition) is 1. The van der Waals surface area contributed by atoms with E-state index in [-0.39, 0.29) is 17.2 Å². The van der Waals surface area contributed by atoms with Crippen LogP contribution in [0.1, 0.15) is 38.6 Å². The molecule has 0 aromatic carbocycles. The second kappa shape index (κ2) is 5.50. The van der Waals surface area contributed by atoms with Crippen molar-refractivity contribution >= 4 is 11.8 Å². The third kappa shape index (κ3) is 3.43. The summed E-state index contributed by atoms with van der Waals surface area (Å²) in [6, 6.07) is 1.49. The van der Waals surface area contributed by atoms with Gasteiger partial charge in [0.1, 0.15) is 6.04 Å². The summed E-state index contributed by atoms with van der Waals surface area (Å²) in [5, 5.41) is 7.16. The molecular weight excluding hydrogens is 268 g/mol. The molecule has 21 heavy (non-hydrogen) atoms. The fraction of sp³-hybridized carbons (Fsp3) is 0.667. The lowest BCUT2D eigenvalue weighted by Crippen LogP contribution is -2.51. The Labute approximate surface area is 125 Å². The number of nitrogens with one attached hydrogen (secondary N) is 1. The number of amides is 2. The molecular formula is C15H24N4O2. The minimum atomic E-state index is -0.484. The van der Waals surface area contributed by atoms with Gasteiger partial charge in [-0.25, -0.2) is 0 Å². The van der Waals surface area contributed by atoms with Crippen molar-refractivity contribution in [1.29, 1.82) is 0 Å².